The van der Waals surface area contributed by atoms with Gasteiger partial charge in [0, 0.05) is 0 Å². The van der Waals surface area contributed by atoms with Gasteiger partial charge in [0.2, 0.25) is 0 Å². The minimum absolute atomic E-state index is 0. The van der Waals surface area contributed by atoms with Crippen molar-refractivity contribution in [1.29, 1.82) is 0 Å². The number of nitrogens with zero attached hydrogens (tertiary/aromatic N) is 4. The number of anilines is 4. The zero-order valence-electron chi connectivity index (χ0n) is 29.6. The van der Waals surface area contributed by atoms with Crippen molar-refractivity contribution >= 4 is 30.6 Å². The van der Waals surface area contributed by atoms with Crippen molar-refractivity contribution in [3.05, 3.63) is 121 Å². The Bertz CT molecular complexity index is 1260. The van der Waals surface area contributed by atoms with Crippen molar-refractivity contribution in [2.24, 2.45) is 0 Å². The van der Waals surface area contributed by atoms with Crippen molar-refractivity contribution < 1.29 is 24.0 Å². The van der Waals surface area contributed by atoms with Crippen LogP contribution >= 0.6 is 7.87 Å². The van der Waals surface area contributed by atoms with Crippen LogP contribution in [-0.2, 0) is 0 Å². The summed E-state index contributed by atoms with van der Waals surface area (Å²) in [5.41, 5.74) is 6.58. The monoisotopic (exact) mass is 764 g/mol. The van der Waals surface area contributed by atoms with Crippen molar-refractivity contribution in [2.45, 2.75) is 86.0 Å². The topological polar surface area (TPSA) is 13.0 Å². The Morgan fingerprint density at radius 1 is 0.404 bits per heavy atom. The Morgan fingerprint density at radius 2 is 0.702 bits per heavy atom. The summed E-state index contributed by atoms with van der Waals surface area (Å²) >= 11 is 0. The summed E-state index contributed by atoms with van der Waals surface area (Å²) in [6.07, 6.45) is 9.06. The van der Waals surface area contributed by atoms with Crippen LogP contribution in [0.5, 0.6) is 0 Å². The summed E-state index contributed by atoms with van der Waals surface area (Å²) in [6, 6.07) is 43.1. The molecule has 0 amide bonds. The lowest BCUT2D eigenvalue weighted by atomic mass is 10.2. The van der Waals surface area contributed by atoms with Gasteiger partial charge in [-0.05, 0) is 80.6 Å². The van der Waals surface area contributed by atoms with Gasteiger partial charge in [-0.1, -0.05) is 126 Å². The molecule has 254 valence electrons. The molecule has 47 heavy (non-hydrogen) atoms. The molecule has 0 aromatic heterocycles. The minimum Gasteiger partial charge on any atom is -1.00 e. The fourth-order valence-electron chi connectivity index (χ4n) is 6.32. The fourth-order valence-corrected chi connectivity index (χ4v) is 11.4. The van der Waals surface area contributed by atoms with Gasteiger partial charge in [0.25, 0.3) is 0 Å². The maximum absolute atomic E-state index is 2.89. The fraction of sp³-hybridized carbons (Fsp3) is 0.415. The first-order chi connectivity index (χ1) is 22.6. The molecular formula is C41H58IN4P. The van der Waals surface area contributed by atoms with Crippen LogP contribution in [0, 0.1) is 6.92 Å². The van der Waals surface area contributed by atoms with Crippen LogP contribution in [0.1, 0.15) is 84.6 Å². The summed E-state index contributed by atoms with van der Waals surface area (Å²) in [6.45, 7) is 15.6. The average Bonchev–Trinajstić information content (AvgIpc) is 3.10. The number of rotatable bonds is 20. The maximum atomic E-state index is 2.89. The first-order valence-electron chi connectivity index (χ1n) is 17.8. The molecule has 4 rings (SSSR count). The Morgan fingerprint density at radius 3 is 1.02 bits per heavy atom. The first-order valence-corrected chi connectivity index (χ1v) is 19.4. The smallest absolute Gasteiger partial charge is 0.405 e. The average molecular weight is 765 g/mol. The molecule has 0 aliphatic carbocycles. The Labute approximate surface area is 304 Å². The molecule has 0 heterocycles. The van der Waals surface area contributed by atoms with Crippen molar-refractivity contribution in [1.82, 2.24) is 0 Å². The van der Waals surface area contributed by atoms with Gasteiger partial charge in [0.05, 0.1) is 48.9 Å². The predicted octanol–water partition coefficient (Wildman–Crippen LogP) is 9.20. The van der Waals surface area contributed by atoms with E-state index in [9.17, 15) is 0 Å². The number of benzene rings is 4. The van der Waals surface area contributed by atoms with Gasteiger partial charge in [0.15, 0.2) is 0 Å². The zero-order chi connectivity index (χ0) is 32.6. The summed E-state index contributed by atoms with van der Waals surface area (Å²) in [7, 11) is -2.64. The SMILES string of the molecule is CCCCN(c1ccccc1)[P+](N(CCCC)c1ccccc1)(N(CCCC)c1ccccc1)N(CCCC)c1ccccc1C.[I-]. The lowest BCUT2D eigenvalue weighted by molar-refractivity contribution is -0.00000953. The maximum Gasteiger partial charge on any atom is 0.405 e. The number of hydrogen-bond acceptors (Lipinski definition) is 4. The molecule has 0 bridgehead atoms. The molecule has 0 aliphatic rings. The van der Waals surface area contributed by atoms with E-state index >= 15 is 0 Å². The van der Waals surface area contributed by atoms with E-state index in [0.29, 0.717) is 0 Å². The van der Waals surface area contributed by atoms with Crippen LogP contribution in [0.25, 0.3) is 0 Å². The van der Waals surface area contributed by atoms with Crippen molar-refractivity contribution in [3.8, 4) is 0 Å². The van der Waals surface area contributed by atoms with Gasteiger partial charge >= 0.3 is 7.87 Å². The van der Waals surface area contributed by atoms with E-state index in [0.717, 1.165) is 77.5 Å². The molecule has 4 aromatic carbocycles. The van der Waals surface area contributed by atoms with Gasteiger partial charge in [-0.3, -0.25) is 0 Å². The van der Waals surface area contributed by atoms with E-state index in [1.54, 1.807) is 0 Å². The second kappa shape index (κ2) is 20.6. The van der Waals surface area contributed by atoms with E-state index in [1.165, 1.54) is 28.3 Å². The number of aryl methyl sites for hydroxylation is 1. The first kappa shape index (κ1) is 38.7. The van der Waals surface area contributed by atoms with Gasteiger partial charge in [0.1, 0.15) is 0 Å². The largest absolute Gasteiger partial charge is 1.00 e. The molecule has 0 N–H and O–H groups in total. The highest BCUT2D eigenvalue weighted by Crippen LogP contribution is 2.74. The second-order valence-electron chi connectivity index (χ2n) is 12.2. The molecule has 0 saturated carbocycles. The molecule has 0 spiro atoms. The summed E-state index contributed by atoms with van der Waals surface area (Å²) in [4.78, 5) is 0. The summed E-state index contributed by atoms with van der Waals surface area (Å²) < 4.78 is 11.5. The minimum atomic E-state index is -2.64. The third kappa shape index (κ3) is 9.44. The van der Waals surface area contributed by atoms with Crippen molar-refractivity contribution in [3.63, 3.8) is 0 Å². The molecule has 4 nitrogen and oxygen atoms in total. The highest BCUT2D eigenvalue weighted by molar-refractivity contribution is 7.81. The van der Waals surface area contributed by atoms with Gasteiger partial charge < -0.3 is 24.0 Å². The van der Waals surface area contributed by atoms with E-state index < -0.39 is 7.87 Å². The molecular weight excluding hydrogens is 706 g/mol. The summed E-state index contributed by atoms with van der Waals surface area (Å²) in [5, 5.41) is 0. The third-order valence-corrected chi connectivity index (χ3v) is 13.0. The van der Waals surface area contributed by atoms with Gasteiger partial charge in [-0.25, -0.2) is 0 Å². The van der Waals surface area contributed by atoms with Gasteiger partial charge in [-0.2, -0.15) is 18.7 Å². The molecule has 0 atom stereocenters. The zero-order valence-corrected chi connectivity index (χ0v) is 32.6. The lowest BCUT2D eigenvalue weighted by Crippen LogP contribution is -3.00. The third-order valence-electron chi connectivity index (χ3n) is 8.75. The molecule has 4 aromatic rings. The second-order valence-corrected chi connectivity index (χ2v) is 15.2. The standard InChI is InChI=1S/C41H58N4P.HI/c1-6-10-33-42(38-26-17-14-18-27-38)46(43(34-11-7-2)39-28-19-15-20-29-39,44(35-12-8-3)40-30-21-16-22-31-40)45(36-13-9-4)41-32-24-23-25-37(41)5;/h14-32H,6-13,33-36H2,1-5H3;1H/q+1;/p-1. The van der Waals surface area contributed by atoms with Crippen molar-refractivity contribution in [2.75, 3.05) is 44.9 Å². The van der Waals surface area contributed by atoms with Crippen LogP contribution < -0.4 is 42.7 Å². The quantitative estimate of drug-likeness (QED) is 0.0658. The highest BCUT2D eigenvalue weighted by atomic mass is 127. The van der Waals surface area contributed by atoms with Crippen LogP contribution in [0.15, 0.2) is 115 Å². The Hall–Kier alpha value is -2.76. The van der Waals surface area contributed by atoms with Crippen LogP contribution in [0.4, 0.5) is 22.7 Å². The van der Waals surface area contributed by atoms with Crippen LogP contribution in [-0.4, -0.2) is 26.2 Å². The number of hydrogen-bond donors (Lipinski definition) is 0. The highest BCUT2D eigenvalue weighted by Gasteiger charge is 2.63. The number of para-hydroxylation sites is 4. The Kier molecular flexibility index (Phi) is 16.9. The lowest BCUT2D eigenvalue weighted by Gasteiger charge is -2.53. The molecule has 0 aliphatic heterocycles. The molecule has 0 unspecified atom stereocenters. The molecule has 0 fully saturated rings. The van der Waals surface area contributed by atoms with E-state index in [4.69, 9.17) is 0 Å². The molecule has 0 radical (unpaired) electrons. The van der Waals surface area contributed by atoms with E-state index in [-0.39, 0.29) is 24.0 Å². The normalized spacial score (nSPS) is 11.1. The van der Waals surface area contributed by atoms with Crippen LogP contribution in [0.2, 0.25) is 0 Å². The Balaban J connectivity index is 0.00000600. The molecule has 6 heteroatoms. The molecule has 0 saturated heterocycles. The van der Waals surface area contributed by atoms with E-state index in [2.05, 4.69) is 169 Å². The summed E-state index contributed by atoms with van der Waals surface area (Å²) in [5.74, 6) is 0. The van der Waals surface area contributed by atoms with Gasteiger partial charge in [-0.15, -0.1) is 0 Å². The number of unbranched alkanes of at least 4 members (excludes halogenated alkanes) is 4. The number of halogens is 1. The van der Waals surface area contributed by atoms with Crippen LogP contribution in [0.3, 0.4) is 0 Å². The van der Waals surface area contributed by atoms with E-state index in [1.807, 2.05) is 0 Å². The predicted molar refractivity (Wildman–Crippen MR) is 206 cm³/mol.